The molecule has 9 heteroatoms. The largest absolute Gasteiger partial charge is 0.453 e. The summed E-state index contributed by atoms with van der Waals surface area (Å²) >= 11 is 0. The van der Waals surface area contributed by atoms with Crippen molar-refractivity contribution >= 4 is 6.09 Å². The smallest absolute Gasteiger partial charge is 0.409 e. The Morgan fingerprint density at radius 2 is 2.12 bits per heavy atom. The molecular weight excluding hydrogens is 338 g/mol. The quantitative estimate of drug-likeness (QED) is 0.819. The molecule has 0 aromatic carbocycles. The summed E-state index contributed by atoms with van der Waals surface area (Å²) < 4.78 is 15.6. The Bertz CT molecular complexity index is 766. The molecule has 0 saturated carbocycles. The number of amides is 1. The SMILES string of the molecule is COC(=O)N1CCC(c2noc(-c3cnnc(C4CCOC4)c3)n2)CC1. The van der Waals surface area contributed by atoms with Crippen LogP contribution in [0, 0.1) is 0 Å². The van der Waals surface area contributed by atoms with E-state index in [1.807, 2.05) is 6.07 Å². The first-order valence-corrected chi connectivity index (χ1v) is 8.82. The summed E-state index contributed by atoms with van der Waals surface area (Å²) in [5, 5.41) is 12.4. The van der Waals surface area contributed by atoms with E-state index in [1.165, 1.54) is 7.11 Å². The van der Waals surface area contributed by atoms with E-state index in [0.717, 1.165) is 37.1 Å². The van der Waals surface area contributed by atoms with Crippen LogP contribution in [0.2, 0.25) is 0 Å². The molecule has 2 aliphatic rings. The van der Waals surface area contributed by atoms with Gasteiger partial charge in [0.1, 0.15) is 0 Å². The molecule has 2 fully saturated rings. The number of hydrogen-bond donors (Lipinski definition) is 0. The van der Waals surface area contributed by atoms with Crippen LogP contribution in [0.4, 0.5) is 4.79 Å². The average Bonchev–Trinajstić information content (AvgIpc) is 3.40. The first-order valence-electron chi connectivity index (χ1n) is 8.82. The molecule has 0 spiro atoms. The van der Waals surface area contributed by atoms with Gasteiger partial charge in [0.15, 0.2) is 5.82 Å². The highest BCUT2D eigenvalue weighted by Crippen LogP contribution is 2.29. The summed E-state index contributed by atoms with van der Waals surface area (Å²) in [6.07, 6.45) is 3.87. The van der Waals surface area contributed by atoms with Gasteiger partial charge < -0.3 is 18.9 Å². The van der Waals surface area contributed by atoms with Gasteiger partial charge in [0.05, 0.1) is 31.2 Å². The number of likely N-dealkylation sites (tertiary alicyclic amines) is 1. The highest BCUT2D eigenvalue weighted by molar-refractivity contribution is 5.67. The van der Waals surface area contributed by atoms with Crippen LogP contribution < -0.4 is 0 Å². The van der Waals surface area contributed by atoms with Crippen molar-refractivity contribution in [1.29, 1.82) is 0 Å². The fourth-order valence-electron chi connectivity index (χ4n) is 3.43. The zero-order chi connectivity index (χ0) is 17.9. The van der Waals surface area contributed by atoms with Gasteiger partial charge in [0.25, 0.3) is 5.89 Å². The van der Waals surface area contributed by atoms with Gasteiger partial charge in [-0.15, -0.1) is 0 Å². The number of hydrogen-bond acceptors (Lipinski definition) is 8. The van der Waals surface area contributed by atoms with E-state index in [0.29, 0.717) is 31.4 Å². The molecule has 0 N–H and O–H groups in total. The van der Waals surface area contributed by atoms with E-state index >= 15 is 0 Å². The standard InChI is InChI=1S/C17H21N5O4/c1-24-17(23)22-5-2-11(3-6-22)15-19-16(26-21-15)13-8-14(20-18-9-13)12-4-7-25-10-12/h8-9,11-12H,2-7,10H2,1H3. The maximum Gasteiger partial charge on any atom is 0.409 e. The molecule has 138 valence electrons. The minimum Gasteiger partial charge on any atom is -0.453 e. The summed E-state index contributed by atoms with van der Waals surface area (Å²) in [5.74, 6) is 1.57. The van der Waals surface area contributed by atoms with Gasteiger partial charge in [-0.1, -0.05) is 5.16 Å². The van der Waals surface area contributed by atoms with E-state index in [1.54, 1.807) is 11.1 Å². The topological polar surface area (TPSA) is 103 Å². The maximum absolute atomic E-state index is 11.6. The summed E-state index contributed by atoms with van der Waals surface area (Å²) in [6.45, 7) is 2.69. The molecule has 0 radical (unpaired) electrons. The van der Waals surface area contributed by atoms with E-state index in [2.05, 4.69) is 20.3 Å². The van der Waals surface area contributed by atoms with Crippen molar-refractivity contribution in [3.8, 4) is 11.5 Å². The van der Waals surface area contributed by atoms with Gasteiger partial charge in [0, 0.05) is 31.5 Å². The van der Waals surface area contributed by atoms with Crippen molar-refractivity contribution in [2.24, 2.45) is 0 Å². The van der Waals surface area contributed by atoms with E-state index in [9.17, 15) is 4.79 Å². The number of nitrogens with zero attached hydrogens (tertiary/aromatic N) is 5. The second kappa shape index (κ2) is 7.36. The van der Waals surface area contributed by atoms with E-state index < -0.39 is 0 Å². The lowest BCUT2D eigenvalue weighted by Gasteiger charge is -2.29. The lowest BCUT2D eigenvalue weighted by molar-refractivity contribution is 0.111. The molecule has 0 aliphatic carbocycles. The lowest BCUT2D eigenvalue weighted by atomic mass is 9.96. The molecule has 2 aliphatic heterocycles. The third-order valence-corrected chi connectivity index (χ3v) is 5.00. The van der Waals surface area contributed by atoms with Crippen molar-refractivity contribution in [1.82, 2.24) is 25.2 Å². The molecule has 2 aromatic heterocycles. The number of carbonyl (C=O) groups excluding carboxylic acids is 1. The summed E-state index contributed by atoms with van der Waals surface area (Å²) in [6, 6.07) is 1.95. The number of carbonyl (C=O) groups is 1. The molecule has 1 atom stereocenters. The van der Waals surface area contributed by atoms with Crippen LogP contribution in [0.15, 0.2) is 16.8 Å². The highest BCUT2D eigenvalue weighted by atomic mass is 16.5. The van der Waals surface area contributed by atoms with E-state index in [4.69, 9.17) is 14.0 Å². The van der Waals surface area contributed by atoms with E-state index in [-0.39, 0.29) is 17.9 Å². The first-order chi connectivity index (χ1) is 12.7. The Morgan fingerprint density at radius 1 is 1.27 bits per heavy atom. The molecule has 26 heavy (non-hydrogen) atoms. The molecule has 4 rings (SSSR count). The molecule has 1 unspecified atom stereocenters. The molecule has 9 nitrogen and oxygen atoms in total. The Balaban J connectivity index is 1.45. The van der Waals surface area contributed by atoms with Crippen LogP contribution in [0.1, 0.15) is 42.6 Å². The monoisotopic (exact) mass is 359 g/mol. The second-order valence-corrected chi connectivity index (χ2v) is 6.62. The summed E-state index contributed by atoms with van der Waals surface area (Å²) in [4.78, 5) is 17.8. The van der Waals surface area contributed by atoms with Crippen LogP contribution in [0.25, 0.3) is 11.5 Å². The zero-order valence-electron chi connectivity index (χ0n) is 14.6. The minimum absolute atomic E-state index is 0.172. The lowest BCUT2D eigenvalue weighted by Crippen LogP contribution is -2.37. The van der Waals surface area contributed by atoms with Crippen LogP contribution >= 0.6 is 0 Å². The third-order valence-electron chi connectivity index (χ3n) is 5.00. The van der Waals surface area contributed by atoms with Crippen LogP contribution in [0.3, 0.4) is 0 Å². The average molecular weight is 359 g/mol. The fourth-order valence-corrected chi connectivity index (χ4v) is 3.43. The summed E-state index contributed by atoms with van der Waals surface area (Å²) in [5.41, 5.74) is 1.67. The first kappa shape index (κ1) is 16.9. The maximum atomic E-state index is 11.6. The van der Waals surface area contributed by atoms with Crippen LogP contribution in [-0.2, 0) is 9.47 Å². The van der Waals surface area contributed by atoms with Gasteiger partial charge >= 0.3 is 6.09 Å². The van der Waals surface area contributed by atoms with Crippen molar-refractivity contribution in [2.45, 2.75) is 31.1 Å². The van der Waals surface area contributed by atoms with Crippen molar-refractivity contribution < 1.29 is 18.8 Å². The van der Waals surface area contributed by atoms with Gasteiger partial charge in [-0.3, -0.25) is 0 Å². The number of methoxy groups -OCH3 is 1. The molecule has 4 heterocycles. The molecule has 2 aromatic rings. The second-order valence-electron chi connectivity index (χ2n) is 6.62. The van der Waals surface area contributed by atoms with Crippen molar-refractivity contribution in [3.05, 3.63) is 23.8 Å². The van der Waals surface area contributed by atoms with Crippen molar-refractivity contribution in [2.75, 3.05) is 33.4 Å². The summed E-state index contributed by atoms with van der Waals surface area (Å²) in [7, 11) is 1.40. The number of rotatable bonds is 3. The number of piperidine rings is 1. The predicted molar refractivity (Wildman–Crippen MR) is 89.5 cm³/mol. The Morgan fingerprint density at radius 3 is 2.85 bits per heavy atom. The third kappa shape index (κ3) is 3.39. The normalized spacial score (nSPS) is 21.1. The molecule has 0 bridgehead atoms. The molecular formula is C17H21N5O4. The Hall–Kier alpha value is -2.55. The predicted octanol–water partition coefficient (Wildman–Crippen LogP) is 1.98. The molecule has 1 amide bonds. The highest BCUT2D eigenvalue weighted by Gasteiger charge is 2.28. The fraction of sp³-hybridized carbons (Fsp3) is 0.588. The Kier molecular flexibility index (Phi) is 4.79. The van der Waals surface area contributed by atoms with Crippen LogP contribution in [0.5, 0.6) is 0 Å². The van der Waals surface area contributed by atoms with Gasteiger partial charge in [-0.2, -0.15) is 15.2 Å². The van der Waals surface area contributed by atoms with Gasteiger partial charge in [0.2, 0.25) is 0 Å². The molecule has 2 saturated heterocycles. The number of aromatic nitrogens is 4. The Labute approximate surface area is 150 Å². The van der Waals surface area contributed by atoms with Gasteiger partial charge in [-0.25, -0.2) is 4.79 Å². The van der Waals surface area contributed by atoms with Crippen molar-refractivity contribution in [3.63, 3.8) is 0 Å². The zero-order valence-corrected chi connectivity index (χ0v) is 14.6. The van der Waals surface area contributed by atoms with Crippen LogP contribution in [-0.4, -0.2) is 64.7 Å². The number of ether oxygens (including phenoxy) is 2. The van der Waals surface area contributed by atoms with Gasteiger partial charge in [-0.05, 0) is 25.3 Å². The minimum atomic E-state index is -0.288.